The highest BCUT2D eigenvalue weighted by atomic mass is 32.4. The van der Waals surface area contributed by atoms with E-state index in [1.807, 2.05) is 24.3 Å². The number of nitrogens with one attached hydrogen (secondary N) is 1. The Morgan fingerprint density at radius 1 is 0.622 bits per heavy atom. The highest BCUT2D eigenvalue weighted by Crippen LogP contribution is 2.50. The summed E-state index contributed by atoms with van der Waals surface area (Å²) in [5, 5.41) is 7.40. The van der Waals surface area contributed by atoms with Crippen LogP contribution in [0.3, 0.4) is 0 Å². The molecule has 0 unspecified atom stereocenters. The quantitative estimate of drug-likeness (QED) is 0.245. The molecule has 1 N–H and O–H groups in total. The maximum atomic E-state index is 13.8. The second kappa shape index (κ2) is 10.1. The summed E-state index contributed by atoms with van der Waals surface area (Å²) in [6.45, 7) is 0. The van der Waals surface area contributed by atoms with Gasteiger partial charge in [-0.25, -0.2) is 4.39 Å². The molecular weight excluding hydrogens is 492 g/mol. The lowest BCUT2D eigenvalue weighted by Crippen LogP contribution is -2.31. The van der Waals surface area contributed by atoms with Crippen LogP contribution in [-0.4, -0.2) is 0 Å². The van der Waals surface area contributed by atoms with Crippen LogP contribution < -0.4 is 21.2 Å². The highest BCUT2D eigenvalue weighted by molar-refractivity contribution is 8.25. The van der Waals surface area contributed by atoms with Crippen LogP contribution in [0.25, 0.3) is 0 Å². The van der Waals surface area contributed by atoms with Gasteiger partial charge in [0.1, 0.15) is 5.82 Å². The molecule has 1 nitrogen and oxygen atoms in total. The summed E-state index contributed by atoms with van der Waals surface area (Å²) >= 11 is 6.74. The Bertz CT molecular complexity index is 1510. The van der Waals surface area contributed by atoms with E-state index in [4.69, 9.17) is 11.8 Å². The SMILES string of the molecule is Fc1ccc([C@@H]2C[C@H](c3ccccc3)c3cccc(P(=S)(c4ccccc4)c4ccccc4)c3N2)cc1. The summed E-state index contributed by atoms with van der Waals surface area (Å²) in [6, 6.07) is 42.9. The number of hydrogen-bond acceptors (Lipinski definition) is 2. The fourth-order valence-electron chi connectivity index (χ4n) is 5.48. The van der Waals surface area contributed by atoms with Gasteiger partial charge in [-0.15, -0.1) is 0 Å². The Morgan fingerprint density at radius 2 is 1.19 bits per heavy atom. The molecule has 4 heteroatoms. The van der Waals surface area contributed by atoms with E-state index in [0.717, 1.165) is 17.7 Å². The van der Waals surface area contributed by atoms with Gasteiger partial charge in [0, 0.05) is 22.9 Å². The number of benzene rings is 5. The fraction of sp³-hybridized carbons (Fsp3) is 0.0909. The summed E-state index contributed by atoms with van der Waals surface area (Å²) in [5.41, 5.74) is 4.74. The molecule has 182 valence electrons. The third-order valence-electron chi connectivity index (χ3n) is 7.29. The monoisotopic (exact) mass is 519 g/mol. The second-order valence-corrected chi connectivity index (χ2v) is 13.8. The maximum absolute atomic E-state index is 13.8. The first-order valence-corrected chi connectivity index (χ1v) is 15.4. The van der Waals surface area contributed by atoms with Gasteiger partial charge in [-0.3, -0.25) is 0 Å². The molecule has 0 aromatic heterocycles. The lowest BCUT2D eigenvalue weighted by Gasteiger charge is -2.37. The van der Waals surface area contributed by atoms with Crippen molar-refractivity contribution in [1.29, 1.82) is 0 Å². The van der Waals surface area contributed by atoms with Crippen molar-refractivity contribution in [2.45, 2.75) is 18.4 Å². The summed E-state index contributed by atoms with van der Waals surface area (Å²) < 4.78 is 13.8. The van der Waals surface area contributed by atoms with Gasteiger partial charge in [0.2, 0.25) is 0 Å². The average molecular weight is 520 g/mol. The Labute approximate surface area is 223 Å². The van der Waals surface area contributed by atoms with Crippen molar-refractivity contribution in [3.8, 4) is 0 Å². The van der Waals surface area contributed by atoms with E-state index in [0.29, 0.717) is 0 Å². The second-order valence-electron chi connectivity index (χ2n) is 9.47. The zero-order valence-corrected chi connectivity index (χ0v) is 22.0. The first-order valence-electron chi connectivity index (χ1n) is 12.6. The molecule has 0 saturated carbocycles. The molecule has 1 aliphatic rings. The number of fused-ring (bicyclic) bond motifs is 1. The predicted octanol–water partition coefficient (Wildman–Crippen LogP) is 7.27. The molecule has 5 aromatic rings. The van der Waals surface area contributed by atoms with Crippen molar-refractivity contribution in [3.63, 3.8) is 0 Å². The average Bonchev–Trinajstić information content (AvgIpc) is 2.97. The predicted molar refractivity (Wildman–Crippen MR) is 158 cm³/mol. The van der Waals surface area contributed by atoms with Crippen molar-refractivity contribution in [1.82, 2.24) is 0 Å². The van der Waals surface area contributed by atoms with E-state index in [1.165, 1.54) is 27.0 Å². The molecule has 2 atom stereocenters. The zero-order chi connectivity index (χ0) is 25.2. The molecule has 0 aliphatic carbocycles. The van der Waals surface area contributed by atoms with E-state index in [1.54, 1.807) is 12.1 Å². The molecule has 1 aliphatic heterocycles. The van der Waals surface area contributed by atoms with E-state index in [9.17, 15) is 4.39 Å². The van der Waals surface area contributed by atoms with Gasteiger partial charge >= 0.3 is 0 Å². The van der Waals surface area contributed by atoms with Crippen LogP contribution in [0.1, 0.15) is 35.1 Å². The van der Waals surface area contributed by atoms with Crippen molar-refractivity contribution in [3.05, 3.63) is 156 Å². The Kier molecular flexibility index (Phi) is 6.50. The third-order valence-corrected chi connectivity index (χ3v) is 12.3. The molecule has 6 rings (SSSR count). The van der Waals surface area contributed by atoms with E-state index in [-0.39, 0.29) is 17.8 Å². The van der Waals surface area contributed by atoms with Crippen LogP contribution in [0.4, 0.5) is 10.1 Å². The van der Waals surface area contributed by atoms with Gasteiger partial charge in [0.25, 0.3) is 0 Å². The molecule has 37 heavy (non-hydrogen) atoms. The van der Waals surface area contributed by atoms with Crippen molar-refractivity contribution >= 4 is 39.4 Å². The summed E-state index contributed by atoms with van der Waals surface area (Å²) in [6.07, 6.45) is 0.881. The Hall–Kier alpha value is -3.52. The molecule has 5 aromatic carbocycles. The Balaban J connectivity index is 1.59. The van der Waals surface area contributed by atoms with Crippen LogP contribution >= 0.6 is 6.04 Å². The maximum Gasteiger partial charge on any atom is 0.123 e. The smallest absolute Gasteiger partial charge is 0.123 e. The van der Waals surface area contributed by atoms with Crippen LogP contribution in [0.2, 0.25) is 0 Å². The minimum Gasteiger partial charge on any atom is -0.377 e. The molecular formula is C33H27FNPS. The zero-order valence-electron chi connectivity index (χ0n) is 20.3. The lowest BCUT2D eigenvalue weighted by molar-refractivity contribution is 0.598. The van der Waals surface area contributed by atoms with E-state index >= 15 is 0 Å². The van der Waals surface area contributed by atoms with Crippen LogP contribution in [-0.2, 0) is 11.8 Å². The highest BCUT2D eigenvalue weighted by Gasteiger charge is 2.35. The first-order chi connectivity index (χ1) is 18.1. The van der Waals surface area contributed by atoms with Crippen molar-refractivity contribution < 1.29 is 4.39 Å². The molecule has 0 saturated heterocycles. The number of rotatable bonds is 5. The van der Waals surface area contributed by atoms with Crippen LogP contribution in [0.5, 0.6) is 0 Å². The minimum atomic E-state index is -2.37. The summed E-state index contributed by atoms with van der Waals surface area (Å²) in [4.78, 5) is 0. The van der Waals surface area contributed by atoms with Gasteiger partial charge in [-0.2, -0.15) is 0 Å². The van der Waals surface area contributed by atoms with Crippen LogP contribution in [0, 0.1) is 5.82 Å². The standard InChI is InChI=1S/C33H27FNPS/c34-26-21-19-25(20-22-26)31-23-30(24-11-4-1-5-12-24)29-17-10-18-32(33(29)35-31)36(37,27-13-6-2-7-14-27)28-15-8-3-9-16-28/h1-22,30-31,35H,23H2/t30-,31+/m1/s1. The summed E-state index contributed by atoms with van der Waals surface area (Å²) in [5.74, 6) is -0.0219. The Morgan fingerprint density at radius 3 is 1.78 bits per heavy atom. The van der Waals surface area contributed by atoms with Gasteiger partial charge in [-0.05, 0) is 45.9 Å². The van der Waals surface area contributed by atoms with E-state index < -0.39 is 6.04 Å². The van der Waals surface area contributed by atoms with E-state index in [2.05, 4.69) is 102 Å². The van der Waals surface area contributed by atoms with Gasteiger partial charge in [-0.1, -0.05) is 133 Å². The largest absolute Gasteiger partial charge is 0.377 e. The number of anilines is 1. The third kappa shape index (κ3) is 4.44. The minimum absolute atomic E-state index is 0.0365. The normalized spacial score (nSPS) is 17.0. The van der Waals surface area contributed by atoms with Crippen molar-refractivity contribution in [2.24, 2.45) is 0 Å². The number of hydrogen-bond donors (Lipinski definition) is 1. The van der Waals surface area contributed by atoms with Gasteiger partial charge in [0.15, 0.2) is 0 Å². The molecule has 0 amide bonds. The molecule has 0 fully saturated rings. The molecule has 1 heterocycles. The molecule has 0 radical (unpaired) electrons. The number of para-hydroxylation sites is 1. The number of halogens is 1. The molecule has 0 spiro atoms. The van der Waals surface area contributed by atoms with Crippen LogP contribution in [0.15, 0.2) is 133 Å². The fourth-order valence-corrected chi connectivity index (χ4v) is 9.51. The molecule has 0 bridgehead atoms. The first kappa shape index (κ1) is 23.9. The topological polar surface area (TPSA) is 12.0 Å². The summed E-state index contributed by atoms with van der Waals surface area (Å²) in [7, 11) is 0. The van der Waals surface area contributed by atoms with Crippen molar-refractivity contribution in [2.75, 3.05) is 5.32 Å². The van der Waals surface area contributed by atoms with Gasteiger partial charge in [0.05, 0.1) is 6.04 Å². The van der Waals surface area contributed by atoms with Gasteiger partial charge < -0.3 is 5.32 Å². The lowest BCUT2D eigenvalue weighted by atomic mass is 9.80.